The molecule has 0 heterocycles. The number of carbonyl (C=O) groups excluding carboxylic acids is 4. The third kappa shape index (κ3) is 79.1. The Kier molecular flexibility index (Phi) is 76.6. The maximum Gasteiger partial charge on any atom is 0.472 e. The number of ether oxygens (including phenoxy) is 4. The summed E-state index contributed by atoms with van der Waals surface area (Å²) in [5.41, 5.74) is 0. The molecule has 0 amide bonds. The number of phosphoric ester groups is 2. The molecule has 0 aliphatic rings. The van der Waals surface area contributed by atoms with Gasteiger partial charge >= 0.3 is 39.5 Å². The van der Waals surface area contributed by atoms with Crippen molar-refractivity contribution in [3.8, 4) is 0 Å². The number of aliphatic hydroxyl groups is 1. The zero-order chi connectivity index (χ0) is 78.6. The van der Waals surface area contributed by atoms with E-state index in [0.29, 0.717) is 25.7 Å². The highest BCUT2D eigenvalue weighted by molar-refractivity contribution is 7.47. The van der Waals surface area contributed by atoms with Crippen molar-refractivity contribution in [3.05, 3.63) is 0 Å². The predicted octanol–water partition coefficient (Wildman–Crippen LogP) is 26.9. The Morgan fingerprint density at radius 2 is 0.477 bits per heavy atom. The van der Waals surface area contributed by atoms with Gasteiger partial charge in [-0.05, 0) is 43.4 Å². The van der Waals surface area contributed by atoms with E-state index in [9.17, 15) is 43.2 Å². The highest BCUT2D eigenvalue weighted by Gasteiger charge is 2.31. The number of carbonyl (C=O) groups is 4. The molecule has 4 unspecified atom stereocenters. The molecule has 0 spiro atoms. The third-order valence-electron chi connectivity index (χ3n) is 21.4. The van der Waals surface area contributed by atoms with Gasteiger partial charge in [-0.25, -0.2) is 9.13 Å². The Bertz CT molecular complexity index is 2060. The lowest BCUT2D eigenvalue weighted by Crippen LogP contribution is -2.30. The summed E-state index contributed by atoms with van der Waals surface area (Å²) in [4.78, 5) is 73.2. The largest absolute Gasteiger partial charge is 0.472 e. The van der Waals surface area contributed by atoms with Gasteiger partial charge in [0.05, 0.1) is 26.4 Å². The number of unbranched alkanes of at least 4 members (excludes halogenated alkanes) is 52. The fraction of sp³-hybridized carbons (Fsp3) is 0.955. The minimum atomic E-state index is -4.97. The van der Waals surface area contributed by atoms with Gasteiger partial charge in [0.2, 0.25) is 0 Å². The van der Waals surface area contributed by atoms with E-state index >= 15 is 0 Å². The zero-order valence-electron chi connectivity index (χ0n) is 70.6. The average molecular weight is 1560 g/mol. The molecule has 0 radical (unpaired) electrons. The number of phosphoric acid groups is 2. The van der Waals surface area contributed by atoms with Gasteiger partial charge in [-0.2, -0.15) is 0 Å². The second kappa shape index (κ2) is 78.0. The monoisotopic (exact) mass is 1560 g/mol. The molecule has 0 aliphatic heterocycles. The van der Waals surface area contributed by atoms with E-state index < -0.39 is 97.5 Å². The molecule has 0 rings (SSSR count). The Labute approximate surface area is 658 Å². The standard InChI is InChI=1S/C88H172O17P2/c1-8-11-12-13-14-15-41-48-55-62-69-85(90)98-75-83(105-88(93)72-65-58-51-44-37-36-40-47-54-61-68-81(7)10-3)77-102-106(94,95)100-73-82(89)74-101-107(96,97)103-78-84(76-99-86(91)70-63-56-49-42-34-30-26-22-18-16-20-24-28-32-38-45-52-59-66-79(4)5)104-87(92)71-64-57-50-43-35-31-27-23-19-17-21-25-29-33-39-46-53-60-67-80(6)9-2/h79-84,89H,8-78H2,1-7H3,(H,94,95)(H,96,97)/t80?,81?,82-,83+,84+/m0/s1. The Morgan fingerprint density at radius 3 is 0.710 bits per heavy atom. The summed E-state index contributed by atoms with van der Waals surface area (Å²) in [6.45, 7) is 12.1. The Balaban J connectivity index is 5.21. The molecule has 19 heteroatoms. The Hall–Kier alpha value is -1.94. The van der Waals surface area contributed by atoms with Crippen LogP contribution in [0.4, 0.5) is 0 Å². The summed E-state index contributed by atoms with van der Waals surface area (Å²) in [5, 5.41) is 10.7. The van der Waals surface area contributed by atoms with Gasteiger partial charge in [0.15, 0.2) is 12.2 Å². The number of esters is 4. The van der Waals surface area contributed by atoms with E-state index in [1.807, 2.05) is 0 Å². The lowest BCUT2D eigenvalue weighted by atomic mass is 9.99. The van der Waals surface area contributed by atoms with Gasteiger partial charge in [0, 0.05) is 25.7 Å². The highest BCUT2D eigenvalue weighted by Crippen LogP contribution is 2.45. The van der Waals surface area contributed by atoms with Crippen LogP contribution in [0.25, 0.3) is 0 Å². The van der Waals surface area contributed by atoms with Crippen molar-refractivity contribution in [2.24, 2.45) is 17.8 Å². The molecule has 0 bridgehead atoms. The van der Waals surface area contributed by atoms with Crippen molar-refractivity contribution < 1.29 is 80.2 Å². The fourth-order valence-electron chi connectivity index (χ4n) is 13.7. The minimum absolute atomic E-state index is 0.107. The molecule has 0 saturated carbocycles. The van der Waals surface area contributed by atoms with Gasteiger partial charge in [0.1, 0.15) is 19.3 Å². The fourth-order valence-corrected chi connectivity index (χ4v) is 15.2. The van der Waals surface area contributed by atoms with E-state index in [2.05, 4.69) is 48.5 Å². The smallest absolute Gasteiger partial charge is 0.462 e. The second-order valence-electron chi connectivity index (χ2n) is 32.6. The molecule has 0 aliphatic carbocycles. The summed E-state index contributed by atoms with van der Waals surface area (Å²) in [7, 11) is -9.93. The SMILES string of the molecule is CCCCCCCCCCCCC(=O)OC[C@H](COP(=O)(O)OC[C@H](O)COP(=O)(O)OC[C@@H](COC(=O)CCCCCCCCCCCCCCCCCCCCC(C)C)OC(=O)CCCCCCCCCCCCCCCCCCCCC(C)CC)OC(=O)CCCCCCCCCCCCC(C)CC. The van der Waals surface area contributed by atoms with Gasteiger partial charge < -0.3 is 33.8 Å². The molecule has 0 saturated heterocycles. The average Bonchev–Trinajstić information content (AvgIpc) is 0.900. The summed E-state index contributed by atoms with van der Waals surface area (Å²) < 4.78 is 68.9. The van der Waals surface area contributed by atoms with Crippen LogP contribution in [0.15, 0.2) is 0 Å². The van der Waals surface area contributed by atoms with Crippen LogP contribution in [0.5, 0.6) is 0 Å². The van der Waals surface area contributed by atoms with Gasteiger partial charge in [-0.15, -0.1) is 0 Å². The van der Waals surface area contributed by atoms with E-state index in [1.54, 1.807) is 0 Å². The molecule has 0 aromatic rings. The molecule has 17 nitrogen and oxygen atoms in total. The van der Waals surface area contributed by atoms with Crippen LogP contribution in [-0.2, 0) is 65.4 Å². The first kappa shape index (κ1) is 105. The van der Waals surface area contributed by atoms with Gasteiger partial charge in [0.25, 0.3) is 0 Å². The van der Waals surface area contributed by atoms with Crippen LogP contribution in [-0.4, -0.2) is 96.7 Å². The lowest BCUT2D eigenvalue weighted by molar-refractivity contribution is -0.161. The second-order valence-corrected chi connectivity index (χ2v) is 35.5. The van der Waals surface area contributed by atoms with Crippen LogP contribution in [0, 0.1) is 17.8 Å². The lowest BCUT2D eigenvalue weighted by Gasteiger charge is -2.21. The van der Waals surface area contributed by atoms with Gasteiger partial charge in [-0.1, -0.05) is 414 Å². The number of aliphatic hydroxyl groups excluding tert-OH is 1. The molecule has 0 fully saturated rings. The van der Waals surface area contributed by atoms with Crippen molar-refractivity contribution >= 4 is 39.5 Å². The molecule has 107 heavy (non-hydrogen) atoms. The van der Waals surface area contributed by atoms with E-state index in [0.717, 1.165) is 108 Å². The third-order valence-corrected chi connectivity index (χ3v) is 23.3. The summed E-state index contributed by atoms with van der Waals surface area (Å²) in [6.07, 6.45) is 69.4. The Morgan fingerprint density at radius 1 is 0.271 bits per heavy atom. The van der Waals surface area contributed by atoms with Crippen LogP contribution < -0.4 is 0 Å². The van der Waals surface area contributed by atoms with Crippen LogP contribution in [0.1, 0.15) is 466 Å². The van der Waals surface area contributed by atoms with Crippen LogP contribution >= 0.6 is 15.6 Å². The molecular weight excluding hydrogens is 1390 g/mol. The highest BCUT2D eigenvalue weighted by atomic mass is 31.2. The van der Waals surface area contributed by atoms with Crippen molar-refractivity contribution in [3.63, 3.8) is 0 Å². The first-order valence-electron chi connectivity index (χ1n) is 45.4. The van der Waals surface area contributed by atoms with Crippen molar-refractivity contribution in [1.82, 2.24) is 0 Å². The van der Waals surface area contributed by atoms with Crippen molar-refractivity contribution in [2.45, 2.75) is 484 Å². The predicted molar refractivity (Wildman–Crippen MR) is 441 cm³/mol. The first-order valence-corrected chi connectivity index (χ1v) is 48.4. The first-order chi connectivity index (χ1) is 51.8. The van der Waals surface area contributed by atoms with Gasteiger partial charge in [-0.3, -0.25) is 37.3 Å². The molecule has 636 valence electrons. The summed E-state index contributed by atoms with van der Waals surface area (Å²) in [5.74, 6) is 0.394. The molecule has 0 aromatic carbocycles. The zero-order valence-corrected chi connectivity index (χ0v) is 72.4. The van der Waals surface area contributed by atoms with E-state index in [1.165, 1.54) is 276 Å². The maximum atomic E-state index is 13.2. The topological polar surface area (TPSA) is 237 Å². The van der Waals surface area contributed by atoms with E-state index in [4.69, 9.17) is 37.0 Å². The molecule has 0 aromatic heterocycles. The molecular formula is C88H172O17P2. The number of hydrogen-bond donors (Lipinski definition) is 3. The quantitative estimate of drug-likeness (QED) is 0.0222. The summed E-state index contributed by atoms with van der Waals surface area (Å²) >= 11 is 0. The number of hydrogen-bond acceptors (Lipinski definition) is 15. The van der Waals surface area contributed by atoms with Crippen LogP contribution in [0.3, 0.4) is 0 Å². The normalized spacial score (nSPS) is 14.3. The molecule has 7 atom stereocenters. The summed E-state index contributed by atoms with van der Waals surface area (Å²) in [6, 6.07) is 0. The van der Waals surface area contributed by atoms with Crippen molar-refractivity contribution in [1.29, 1.82) is 0 Å². The van der Waals surface area contributed by atoms with E-state index in [-0.39, 0.29) is 25.7 Å². The van der Waals surface area contributed by atoms with Crippen molar-refractivity contribution in [2.75, 3.05) is 39.6 Å². The van der Waals surface area contributed by atoms with Crippen LogP contribution in [0.2, 0.25) is 0 Å². The maximum absolute atomic E-state index is 13.2. The minimum Gasteiger partial charge on any atom is -0.462 e. The number of rotatable bonds is 86. The molecule has 3 N–H and O–H groups in total.